The van der Waals surface area contributed by atoms with Gasteiger partial charge in [0.15, 0.2) is 5.96 Å². The van der Waals surface area contributed by atoms with Gasteiger partial charge in [0, 0.05) is 31.2 Å². The number of rotatable bonds is 11. The maximum atomic E-state index is 12.2. The monoisotopic (exact) mass is 534 g/mol. The number of unbranched alkanes of at least 4 members (excludes halogenated alkanes) is 1. The summed E-state index contributed by atoms with van der Waals surface area (Å²) in [6.07, 6.45) is 4.28. The number of nitrogens with zero attached hydrogens (tertiary/aromatic N) is 1. The zero-order valence-electron chi connectivity index (χ0n) is 15.1. The smallest absolute Gasteiger partial charge is 0.240 e. The number of halogens is 2. The van der Waals surface area contributed by atoms with E-state index in [1.165, 1.54) is 12.1 Å². The van der Waals surface area contributed by atoms with Gasteiger partial charge in [0.25, 0.3) is 0 Å². The highest BCUT2D eigenvalue weighted by Crippen LogP contribution is 2.14. The molecule has 0 fully saturated rings. The second kappa shape index (κ2) is 14.8. The Kier molecular flexibility index (Phi) is 14.7. The van der Waals surface area contributed by atoms with Crippen molar-refractivity contribution in [3.63, 3.8) is 0 Å². The molecule has 0 heterocycles. The van der Waals surface area contributed by atoms with E-state index < -0.39 is 10.0 Å². The van der Waals surface area contributed by atoms with Crippen molar-refractivity contribution in [1.29, 1.82) is 0 Å². The van der Waals surface area contributed by atoms with Crippen LogP contribution >= 0.6 is 47.3 Å². The van der Waals surface area contributed by atoms with E-state index in [0.29, 0.717) is 17.5 Å². The van der Waals surface area contributed by atoms with Crippen LogP contribution in [0, 0.1) is 0 Å². The molecule has 0 unspecified atom stereocenters. The summed E-state index contributed by atoms with van der Waals surface area (Å²) in [5.41, 5.74) is 0. The first-order chi connectivity index (χ1) is 12.0. The molecule has 10 heteroatoms. The quantitative estimate of drug-likeness (QED) is 0.176. The molecule has 1 aromatic rings. The summed E-state index contributed by atoms with van der Waals surface area (Å²) in [7, 11) is -3.56. The van der Waals surface area contributed by atoms with E-state index in [4.69, 9.17) is 11.6 Å². The molecule has 0 amide bonds. The summed E-state index contributed by atoms with van der Waals surface area (Å²) in [5, 5.41) is 6.67. The lowest BCUT2D eigenvalue weighted by Gasteiger charge is -2.12. The van der Waals surface area contributed by atoms with Crippen molar-refractivity contribution >= 4 is 63.3 Å². The minimum absolute atomic E-state index is 0. The molecule has 26 heavy (non-hydrogen) atoms. The Balaban J connectivity index is 0.00000625. The van der Waals surface area contributed by atoms with Crippen molar-refractivity contribution in [3.05, 3.63) is 29.3 Å². The van der Waals surface area contributed by atoms with Gasteiger partial charge in [0.2, 0.25) is 10.0 Å². The lowest BCUT2D eigenvalue weighted by Crippen LogP contribution is -2.41. The molecule has 0 aromatic heterocycles. The molecule has 0 saturated carbocycles. The normalized spacial score (nSPS) is 11.7. The third-order valence-electron chi connectivity index (χ3n) is 3.19. The number of hydrogen-bond acceptors (Lipinski definition) is 4. The number of hydrogen-bond donors (Lipinski definition) is 3. The van der Waals surface area contributed by atoms with Gasteiger partial charge in [-0.05, 0) is 50.0 Å². The van der Waals surface area contributed by atoms with Crippen molar-refractivity contribution in [3.8, 4) is 0 Å². The van der Waals surface area contributed by atoms with Gasteiger partial charge >= 0.3 is 0 Å². The molecular weight excluding hydrogens is 507 g/mol. The maximum Gasteiger partial charge on any atom is 0.240 e. The first-order valence-corrected chi connectivity index (χ1v) is 11.5. The highest BCUT2D eigenvalue weighted by atomic mass is 127. The summed E-state index contributed by atoms with van der Waals surface area (Å²) in [4.78, 5) is 4.64. The molecule has 3 N–H and O–H groups in total. The van der Waals surface area contributed by atoms with Crippen LogP contribution in [-0.4, -0.2) is 52.6 Å². The van der Waals surface area contributed by atoms with Crippen LogP contribution in [0.3, 0.4) is 0 Å². The van der Waals surface area contributed by atoms with Crippen LogP contribution in [0.15, 0.2) is 34.2 Å². The first-order valence-electron chi connectivity index (χ1n) is 8.26. The lowest BCUT2D eigenvalue weighted by molar-refractivity contribution is 0.580. The zero-order chi connectivity index (χ0) is 18.5. The van der Waals surface area contributed by atoms with Crippen LogP contribution < -0.4 is 15.4 Å². The van der Waals surface area contributed by atoms with Gasteiger partial charge in [0.1, 0.15) is 0 Å². The molecule has 0 bridgehead atoms. The van der Waals surface area contributed by atoms with E-state index >= 15 is 0 Å². The van der Waals surface area contributed by atoms with Crippen molar-refractivity contribution < 1.29 is 8.42 Å². The van der Waals surface area contributed by atoms with Crippen LogP contribution in [0.5, 0.6) is 0 Å². The van der Waals surface area contributed by atoms with Crippen molar-refractivity contribution in [2.24, 2.45) is 4.99 Å². The van der Waals surface area contributed by atoms with Gasteiger partial charge in [-0.1, -0.05) is 17.7 Å². The highest BCUT2D eigenvalue weighted by molar-refractivity contribution is 14.0. The zero-order valence-corrected chi connectivity index (χ0v) is 19.8. The molecule has 150 valence electrons. The third kappa shape index (κ3) is 10.8. The van der Waals surface area contributed by atoms with Crippen LogP contribution in [-0.2, 0) is 10.0 Å². The SMILES string of the molecule is CCNC(=NCCCCSC)NCCNS(=O)(=O)c1cccc(Cl)c1.I. The number of thioether (sulfide) groups is 1. The molecular formula is C16H28ClIN4O2S2. The average Bonchev–Trinajstić information content (AvgIpc) is 2.58. The minimum Gasteiger partial charge on any atom is -0.357 e. The molecule has 1 aromatic carbocycles. The topological polar surface area (TPSA) is 82.6 Å². The minimum atomic E-state index is -3.56. The maximum absolute atomic E-state index is 12.2. The average molecular weight is 535 g/mol. The van der Waals surface area contributed by atoms with Gasteiger partial charge in [-0.3, -0.25) is 4.99 Å². The Hall–Kier alpha value is -0.230. The molecule has 0 aliphatic rings. The van der Waals surface area contributed by atoms with Gasteiger partial charge in [-0.2, -0.15) is 11.8 Å². The van der Waals surface area contributed by atoms with Gasteiger partial charge < -0.3 is 10.6 Å². The molecule has 0 aliphatic carbocycles. The van der Waals surface area contributed by atoms with E-state index in [-0.39, 0.29) is 35.4 Å². The van der Waals surface area contributed by atoms with E-state index in [2.05, 4.69) is 26.6 Å². The van der Waals surface area contributed by atoms with Gasteiger partial charge in [0.05, 0.1) is 4.90 Å². The van der Waals surface area contributed by atoms with Gasteiger partial charge in [-0.25, -0.2) is 13.1 Å². The molecule has 0 saturated heterocycles. The molecule has 0 spiro atoms. The summed E-state index contributed by atoms with van der Waals surface area (Å²) in [5.74, 6) is 1.85. The fourth-order valence-corrected chi connectivity index (χ4v) is 3.80. The van der Waals surface area contributed by atoms with E-state index in [1.54, 1.807) is 12.1 Å². The van der Waals surface area contributed by atoms with Crippen LogP contribution in [0.2, 0.25) is 5.02 Å². The Morgan fingerprint density at radius 3 is 2.65 bits per heavy atom. The van der Waals surface area contributed by atoms with E-state index in [0.717, 1.165) is 31.7 Å². The third-order valence-corrected chi connectivity index (χ3v) is 5.58. The van der Waals surface area contributed by atoms with Crippen LogP contribution in [0.4, 0.5) is 0 Å². The van der Waals surface area contributed by atoms with Crippen LogP contribution in [0.25, 0.3) is 0 Å². The summed E-state index contributed by atoms with van der Waals surface area (Å²) in [6.45, 7) is 4.20. The number of benzene rings is 1. The fraction of sp³-hybridized carbons (Fsp3) is 0.562. The Bertz CT molecular complexity index is 645. The largest absolute Gasteiger partial charge is 0.357 e. The summed E-state index contributed by atoms with van der Waals surface area (Å²) >= 11 is 7.67. The number of guanidine groups is 1. The predicted molar refractivity (Wildman–Crippen MR) is 124 cm³/mol. The summed E-state index contributed by atoms with van der Waals surface area (Å²) < 4.78 is 26.9. The van der Waals surface area contributed by atoms with E-state index in [9.17, 15) is 8.42 Å². The summed E-state index contributed by atoms with van der Waals surface area (Å²) in [6, 6.07) is 6.20. The number of sulfonamides is 1. The standard InChI is InChI=1S/C16H27ClN4O2S2.HI/c1-3-18-16(19-9-4-5-12-24-2)20-10-11-21-25(22,23)15-8-6-7-14(17)13-15;/h6-8,13,21H,3-5,9-12H2,1-2H3,(H2,18,19,20);1H. The van der Waals surface area contributed by atoms with E-state index in [1.807, 2.05) is 18.7 Å². The Morgan fingerprint density at radius 2 is 2.00 bits per heavy atom. The molecule has 0 aliphatic heterocycles. The second-order valence-corrected chi connectivity index (χ2v) is 8.43. The van der Waals surface area contributed by atoms with Crippen LogP contribution in [0.1, 0.15) is 19.8 Å². The number of nitrogens with one attached hydrogen (secondary N) is 3. The first kappa shape index (κ1) is 25.8. The molecule has 1 rings (SSSR count). The Labute approximate surface area is 183 Å². The van der Waals surface area contributed by atoms with Gasteiger partial charge in [-0.15, -0.1) is 24.0 Å². The molecule has 0 atom stereocenters. The molecule has 0 radical (unpaired) electrons. The predicted octanol–water partition coefficient (Wildman–Crippen LogP) is 2.93. The number of aliphatic imine (C=N–C) groups is 1. The van der Waals surface area contributed by atoms with Crippen molar-refractivity contribution in [2.75, 3.05) is 38.2 Å². The molecule has 6 nitrogen and oxygen atoms in total. The van der Waals surface area contributed by atoms with Crippen molar-refractivity contribution in [2.45, 2.75) is 24.7 Å². The van der Waals surface area contributed by atoms with Crippen molar-refractivity contribution in [1.82, 2.24) is 15.4 Å². The lowest BCUT2D eigenvalue weighted by atomic mass is 10.3. The Morgan fingerprint density at radius 1 is 1.23 bits per heavy atom. The fourth-order valence-electron chi connectivity index (χ4n) is 1.97. The highest BCUT2D eigenvalue weighted by Gasteiger charge is 2.13. The second-order valence-electron chi connectivity index (χ2n) is 5.24.